The molecule has 0 amide bonds. The molecule has 0 radical (unpaired) electrons. The van der Waals surface area contributed by atoms with Gasteiger partial charge in [-0.1, -0.05) is 23.8 Å². The molecule has 0 spiro atoms. The normalized spacial score (nSPS) is 12.3. The third-order valence-electron chi connectivity index (χ3n) is 3.51. The van der Waals surface area contributed by atoms with Gasteiger partial charge in [0.25, 0.3) is 0 Å². The zero-order chi connectivity index (χ0) is 14.9. The topological polar surface area (TPSA) is 35.2 Å². The summed E-state index contributed by atoms with van der Waals surface area (Å²) in [6.07, 6.45) is 0. The van der Waals surface area contributed by atoms with E-state index < -0.39 is 6.04 Å². The summed E-state index contributed by atoms with van der Waals surface area (Å²) in [5, 5.41) is 0. The molecule has 3 heteroatoms. The molecule has 2 aromatic carbocycles. The second-order valence-corrected chi connectivity index (χ2v) is 5.20. The van der Waals surface area contributed by atoms with Crippen molar-refractivity contribution in [2.24, 2.45) is 5.73 Å². The van der Waals surface area contributed by atoms with Crippen molar-refractivity contribution in [3.63, 3.8) is 0 Å². The van der Waals surface area contributed by atoms with Crippen LogP contribution in [0.3, 0.4) is 0 Å². The molecule has 106 valence electrons. The van der Waals surface area contributed by atoms with Gasteiger partial charge in [-0.25, -0.2) is 4.39 Å². The van der Waals surface area contributed by atoms with Gasteiger partial charge < -0.3 is 10.5 Å². The fraction of sp³-hybridized carbons (Fsp3) is 0.294. The number of benzene rings is 2. The molecule has 2 rings (SSSR count). The number of ether oxygens (including phenoxy) is 1. The molecule has 0 aliphatic rings. The zero-order valence-electron chi connectivity index (χ0n) is 12.3. The highest BCUT2D eigenvalue weighted by Gasteiger charge is 2.20. The fourth-order valence-electron chi connectivity index (χ4n) is 2.56. The summed E-state index contributed by atoms with van der Waals surface area (Å²) in [7, 11) is 1.61. The first-order chi connectivity index (χ1) is 9.43. The van der Waals surface area contributed by atoms with E-state index in [0.717, 1.165) is 22.3 Å². The van der Waals surface area contributed by atoms with Gasteiger partial charge in [0.2, 0.25) is 0 Å². The maximum absolute atomic E-state index is 14.0. The lowest BCUT2D eigenvalue weighted by Gasteiger charge is -2.20. The Labute approximate surface area is 119 Å². The molecular weight excluding hydrogens is 253 g/mol. The van der Waals surface area contributed by atoms with Gasteiger partial charge in [-0.05, 0) is 44.0 Å². The number of methoxy groups -OCH3 is 1. The van der Waals surface area contributed by atoms with Crippen molar-refractivity contribution < 1.29 is 9.13 Å². The van der Waals surface area contributed by atoms with Crippen LogP contribution in [0.25, 0.3) is 0 Å². The molecule has 0 bridgehead atoms. The Balaban J connectivity index is 2.58. The van der Waals surface area contributed by atoms with Crippen molar-refractivity contribution in [1.29, 1.82) is 0 Å². The van der Waals surface area contributed by atoms with Crippen molar-refractivity contribution in [1.82, 2.24) is 0 Å². The highest BCUT2D eigenvalue weighted by molar-refractivity contribution is 5.49. The smallest absolute Gasteiger partial charge is 0.128 e. The molecule has 1 unspecified atom stereocenters. The first kappa shape index (κ1) is 14.5. The van der Waals surface area contributed by atoms with Gasteiger partial charge in [-0.2, -0.15) is 0 Å². The molecule has 0 aromatic heterocycles. The standard InChI is InChI=1S/C17H20FNO/c1-10-5-6-14(18)13(8-10)17(19)16-12(3)7-11(2)9-15(16)20-4/h5-9,17H,19H2,1-4H3. The van der Waals surface area contributed by atoms with Crippen LogP contribution in [0.4, 0.5) is 4.39 Å². The van der Waals surface area contributed by atoms with Crippen molar-refractivity contribution in [2.75, 3.05) is 7.11 Å². The van der Waals surface area contributed by atoms with Gasteiger partial charge >= 0.3 is 0 Å². The minimum Gasteiger partial charge on any atom is -0.496 e. The fourth-order valence-corrected chi connectivity index (χ4v) is 2.56. The van der Waals surface area contributed by atoms with Crippen LogP contribution in [0.1, 0.15) is 33.9 Å². The van der Waals surface area contributed by atoms with E-state index in [-0.39, 0.29) is 5.82 Å². The predicted octanol–water partition coefficient (Wildman–Crippen LogP) is 3.81. The van der Waals surface area contributed by atoms with E-state index in [1.165, 1.54) is 6.07 Å². The molecular formula is C17H20FNO. The van der Waals surface area contributed by atoms with Gasteiger partial charge in [-0.15, -0.1) is 0 Å². The number of hydrogen-bond acceptors (Lipinski definition) is 2. The van der Waals surface area contributed by atoms with Gasteiger partial charge in [0.05, 0.1) is 13.2 Å². The van der Waals surface area contributed by atoms with Gasteiger partial charge in [0.15, 0.2) is 0 Å². The number of halogens is 1. The van der Waals surface area contributed by atoms with Crippen LogP contribution in [0.2, 0.25) is 0 Å². The van der Waals surface area contributed by atoms with E-state index in [0.29, 0.717) is 11.3 Å². The molecule has 0 aliphatic carbocycles. The molecule has 2 aromatic rings. The monoisotopic (exact) mass is 273 g/mol. The van der Waals surface area contributed by atoms with E-state index in [1.54, 1.807) is 19.2 Å². The minimum absolute atomic E-state index is 0.287. The summed E-state index contributed by atoms with van der Waals surface area (Å²) in [4.78, 5) is 0. The van der Waals surface area contributed by atoms with E-state index in [2.05, 4.69) is 0 Å². The summed E-state index contributed by atoms with van der Waals surface area (Å²) in [5.41, 5.74) is 10.7. The van der Waals surface area contributed by atoms with Crippen LogP contribution >= 0.6 is 0 Å². The predicted molar refractivity (Wildman–Crippen MR) is 79.6 cm³/mol. The highest BCUT2D eigenvalue weighted by atomic mass is 19.1. The Hall–Kier alpha value is -1.87. The third-order valence-corrected chi connectivity index (χ3v) is 3.51. The third kappa shape index (κ3) is 2.68. The minimum atomic E-state index is -0.537. The number of aryl methyl sites for hydroxylation is 3. The molecule has 0 saturated heterocycles. The Morgan fingerprint density at radius 3 is 2.40 bits per heavy atom. The molecule has 1 atom stereocenters. The second kappa shape index (κ2) is 5.63. The van der Waals surface area contributed by atoms with E-state index >= 15 is 0 Å². The van der Waals surface area contributed by atoms with Crippen molar-refractivity contribution in [3.05, 3.63) is 64.0 Å². The zero-order valence-corrected chi connectivity index (χ0v) is 12.3. The van der Waals surface area contributed by atoms with E-state index in [4.69, 9.17) is 10.5 Å². The SMILES string of the molecule is COc1cc(C)cc(C)c1C(N)c1cc(C)ccc1F. The number of hydrogen-bond donors (Lipinski definition) is 1. The lowest BCUT2D eigenvalue weighted by atomic mass is 9.92. The highest BCUT2D eigenvalue weighted by Crippen LogP contribution is 2.33. The van der Waals surface area contributed by atoms with Crippen LogP contribution in [-0.2, 0) is 0 Å². The quantitative estimate of drug-likeness (QED) is 0.923. The van der Waals surface area contributed by atoms with Crippen molar-refractivity contribution >= 4 is 0 Å². The molecule has 0 saturated carbocycles. The molecule has 0 aliphatic heterocycles. The molecule has 2 nitrogen and oxygen atoms in total. The molecule has 20 heavy (non-hydrogen) atoms. The Kier molecular flexibility index (Phi) is 4.09. The van der Waals surface area contributed by atoms with E-state index in [9.17, 15) is 4.39 Å². The van der Waals surface area contributed by atoms with Crippen LogP contribution < -0.4 is 10.5 Å². The van der Waals surface area contributed by atoms with Crippen LogP contribution in [0.15, 0.2) is 30.3 Å². The summed E-state index contributed by atoms with van der Waals surface area (Å²) < 4.78 is 19.4. The molecule has 0 heterocycles. The Morgan fingerprint density at radius 1 is 1.05 bits per heavy atom. The Bertz CT molecular complexity index is 637. The molecule has 2 N–H and O–H groups in total. The Morgan fingerprint density at radius 2 is 1.75 bits per heavy atom. The maximum Gasteiger partial charge on any atom is 0.128 e. The number of nitrogens with two attached hydrogens (primary N) is 1. The summed E-state index contributed by atoms with van der Waals surface area (Å²) in [5.74, 6) is 0.418. The summed E-state index contributed by atoms with van der Waals surface area (Å²) in [6.45, 7) is 5.89. The largest absolute Gasteiger partial charge is 0.496 e. The second-order valence-electron chi connectivity index (χ2n) is 5.20. The lowest BCUT2D eigenvalue weighted by Crippen LogP contribution is -2.16. The van der Waals surface area contributed by atoms with Crippen LogP contribution in [-0.4, -0.2) is 7.11 Å². The maximum atomic E-state index is 14.0. The average Bonchev–Trinajstić information content (AvgIpc) is 2.40. The first-order valence-electron chi connectivity index (χ1n) is 6.60. The van der Waals surface area contributed by atoms with Gasteiger partial charge in [0, 0.05) is 11.1 Å². The van der Waals surface area contributed by atoms with E-state index in [1.807, 2.05) is 32.9 Å². The first-order valence-corrected chi connectivity index (χ1v) is 6.60. The summed E-state index contributed by atoms with van der Waals surface area (Å²) >= 11 is 0. The number of rotatable bonds is 3. The van der Waals surface area contributed by atoms with Crippen molar-refractivity contribution in [2.45, 2.75) is 26.8 Å². The summed E-state index contributed by atoms with van der Waals surface area (Å²) in [6, 6.07) is 8.41. The molecule has 0 fully saturated rings. The van der Waals surface area contributed by atoms with Crippen molar-refractivity contribution in [3.8, 4) is 5.75 Å². The lowest BCUT2D eigenvalue weighted by molar-refractivity contribution is 0.406. The average molecular weight is 273 g/mol. The van der Waals surface area contributed by atoms with Crippen LogP contribution in [0.5, 0.6) is 5.75 Å². The van der Waals surface area contributed by atoms with Gasteiger partial charge in [0.1, 0.15) is 11.6 Å². The van der Waals surface area contributed by atoms with Gasteiger partial charge in [-0.3, -0.25) is 0 Å². The van der Waals surface area contributed by atoms with Crippen LogP contribution in [0, 0.1) is 26.6 Å².